The molecule has 0 bridgehead atoms. The van der Waals surface area contributed by atoms with Crippen molar-refractivity contribution >= 4 is 35.0 Å². The van der Waals surface area contributed by atoms with Crippen LogP contribution >= 0.6 is 23.2 Å². The normalized spacial score (nSPS) is 15.0. The average molecular weight is 395 g/mol. The molecule has 0 saturated carbocycles. The minimum absolute atomic E-state index is 0.0228. The molecule has 1 heterocycles. The lowest BCUT2D eigenvalue weighted by Gasteiger charge is -2.32. The molecule has 0 unspecified atom stereocenters. The van der Waals surface area contributed by atoms with Gasteiger partial charge in [0.2, 0.25) is 0 Å². The summed E-state index contributed by atoms with van der Waals surface area (Å²) in [5, 5.41) is 3.69. The van der Waals surface area contributed by atoms with E-state index in [0.29, 0.717) is 47.1 Å². The molecule has 2 aromatic rings. The SMILES string of the molecule is O=C(NC1CCN(C(=O)c2ccc(Cl)c(Cl)c2)CC1)c1ccc(F)cc1. The molecular weight excluding hydrogens is 378 g/mol. The first-order valence-electron chi connectivity index (χ1n) is 8.25. The Kier molecular flexibility index (Phi) is 5.79. The molecule has 7 heteroatoms. The number of piperidine rings is 1. The molecule has 1 aliphatic rings. The summed E-state index contributed by atoms with van der Waals surface area (Å²) >= 11 is 11.9. The van der Waals surface area contributed by atoms with Gasteiger partial charge in [0.1, 0.15) is 5.82 Å². The molecule has 2 aromatic carbocycles. The predicted octanol–water partition coefficient (Wildman–Crippen LogP) is 4.17. The van der Waals surface area contributed by atoms with Crippen LogP contribution < -0.4 is 5.32 Å². The molecule has 1 saturated heterocycles. The number of benzene rings is 2. The Labute approximate surface area is 160 Å². The third kappa shape index (κ3) is 4.34. The Hall–Kier alpha value is -2.11. The molecule has 0 radical (unpaired) electrons. The Balaban J connectivity index is 1.55. The number of halogens is 3. The Morgan fingerprint density at radius 3 is 2.19 bits per heavy atom. The van der Waals surface area contributed by atoms with E-state index in [1.165, 1.54) is 24.3 Å². The lowest BCUT2D eigenvalue weighted by Crippen LogP contribution is -2.46. The number of amides is 2. The van der Waals surface area contributed by atoms with Gasteiger partial charge in [0.15, 0.2) is 0 Å². The highest BCUT2D eigenvalue weighted by molar-refractivity contribution is 6.42. The minimum Gasteiger partial charge on any atom is -0.349 e. The van der Waals surface area contributed by atoms with E-state index in [1.807, 2.05) is 0 Å². The second-order valence-electron chi connectivity index (χ2n) is 6.18. The van der Waals surface area contributed by atoms with Gasteiger partial charge in [-0.2, -0.15) is 0 Å². The van der Waals surface area contributed by atoms with Crippen LogP contribution in [-0.2, 0) is 0 Å². The van der Waals surface area contributed by atoms with Gasteiger partial charge in [-0.3, -0.25) is 9.59 Å². The van der Waals surface area contributed by atoms with Gasteiger partial charge in [-0.1, -0.05) is 23.2 Å². The van der Waals surface area contributed by atoms with Crippen molar-refractivity contribution in [1.29, 1.82) is 0 Å². The van der Waals surface area contributed by atoms with Crippen LogP contribution in [0.4, 0.5) is 4.39 Å². The first kappa shape index (κ1) is 18.7. The van der Waals surface area contributed by atoms with Crippen molar-refractivity contribution in [3.8, 4) is 0 Å². The highest BCUT2D eigenvalue weighted by atomic mass is 35.5. The topological polar surface area (TPSA) is 49.4 Å². The van der Waals surface area contributed by atoms with E-state index in [2.05, 4.69) is 5.32 Å². The largest absolute Gasteiger partial charge is 0.349 e. The smallest absolute Gasteiger partial charge is 0.253 e. The number of nitrogens with one attached hydrogen (secondary N) is 1. The van der Waals surface area contributed by atoms with E-state index >= 15 is 0 Å². The number of carbonyl (C=O) groups excluding carboxylic acids is 2. The maximum absolute atomic E-state index is 12.9. The van der Waals surface area contributed by atoms with Crippen molar-refractivity contribution in [2.75, 3.05) is 13.1 Å². The van der Waals surface area contributed by atoms with E-state index in [0.717, 1.165) is 0 Å². The van der Waals surface area contributed by atoms with E-state index < -0.39 is 0 Å². The van der Waals surface area contributed by atoms with Crippen LogP contribution in [-0.4, -0.2) is 35.8 Å². The van der Waals surface area contributed by atoms with Crippen molar-refractivity contribution in [3.05, 3.63) is 69.5 Å². The minimum atomic E-state index is -0.379. The summed E-state index contributed by atoms with van der Waals surface area (Å²) < 4.78 is 12.9. The number of rotatable bonds is 3. The maximum Gasteiger partial charge on any atom is 0.253 e. The van der Waals surface area contributed by atoms with E-state index in [4.69, 9.17) is 23.2 Å². The summed E-state index contributed by atoms with van der Waals surface area (Å²) in [4.78, 5) is 26.5. The summed E-state index contributed by atoms with van der Waals surface area (Å²) in [5.74, 6) is -0.721. The van der Waals surface area contributed by atoms with Crippen LogP contribution in [0.3, 0.4) is 0 Å². The van der Waals surface area contributed by atoms with Gasteiger partial charge in [0.25, 0.3) is 11.8 Å². The van der Waals surface area contributed by atoms with Crippen LogP contribution in [0, 0.1) is 5.82 Å². The summed E-state index contributed by atoms with van der Waals surface area (Å²) in [6.07, 6.45) is 1.31. The standard InChI is InChI=1S/C19H17Cl2FN2O2/c20-16-6-3-13(11-17(16)21)19(26)24-9-7-15(8-10-24)23-18(25)12-1-4-14(22)5-2-12/h1-6,11,15H,7-10H2,(H,23,25). The van der Waals surface area contributed by atoms with Gasteiger partial charge >= 0.3 is 0 Å². The molecule has 4 nitrogen and oxygen atoms in total. The second kappa shape index (κ2) is 8.06. The van der Waals surface area contributed by atoms with Crippen LogP contribution in [0.15, 0.2) is 42.5 Å². The maximum atomic E-state index is 12.9. The average Bonchev–Trinajstić information content (AvgIpc) is 2.64. The molecule has 136 valence electrons. The summed E-state index contributed by atoms with van der Waals surface area (Å²) in [6, 6.07) is 10.2. The molecule has 0 spiro atoms. The quantitative estimate of drug-likeness (QED) is 0.848. The highest BCUT2D eigenvalue weighted by Gasteiger charge is 2.25. The van der Waals surface area contributed by atoms with Gasteiger partial charge in [-0.25, -0.2) is 4.39 Å². The van der Waals surface area contributed by atoms with E-state index in [-0.39, 0.29) is 23.7 Å². The Morgan fingerprint density at radius 2 is 1.58 bits per heavy atom. The van der Waals surface area contributed by atoms with Gasteiger partial charge in [0, 0.05) is 30.3 Å². The van der Waals surface area contributed by atoms with Crippen molar-refractivity contribution in [2.24, 2.45) is 0 Å². The molecule has 0 aliphatic carbocycles. The fraction of sp³-hybridized carbons (Fsp3) is 0.263. The molecule has 3 rings (SSSR count). The summed E-state index contributed by atoms with van der Waals surface area (Å²) in [6.45, 7) is 1.07. The van der Waals surface area contributed by atoms with Crippen molar-refractivity contribution in [1.82, 2.24) is 10.2 Å². The third-order valence-corrected chi connectivity index (χ3v) is 5.13. The molecule has 0 aromatic heterocycles. The monoisotopic (exact) mass is 394 g/mol. The molecule has 0 atom stereocenters. The van der Waals surface area contributed by atoms with Crippen LogP contribution in [0.5, 0.6) is 0 Å². The van der Waals surface area contributed by atoms with Crippen LogP contribution in [0.2, 0.25) is 10.0 Å². The van der Waals surface area contributed by atoms with Gasteiger partial charge in [-0.15, -0.1) is 0 Å². The fourth-order valence-electron chi connectivity index (χ4n) is 2.91. The summed E-state index contributed by atoms with van der Waals surface area (Å²) in [5.41, 5.74) is 0.911. The van der Waals surface area contributed by atoms with Crippen molar-refractivity contribution < 1.29 is 14.0 Å². The molecule has 26 heavy (non-hydrogen) atoms. The first-order valence-corrected chi connectivity index (χ1v) is 9.00. The fourth-order valence-corrected chi connectivity index (χ4v) is 3.21. The van der Waals surface area contributed by atoms with Crippen LogP contribution in [0.25, 0.3) is 0 Å². The number of hydrogen-bond acceptors (Lipinski definition) is 2. The first-order chi connectivity index (χ1) is 12.4. The number of carbonyl (C=O) groups is 2. The highest BCUT2D eigenvalue weighted by Crippen LogP contribution is 2.24. The molecule has 2 amide bonds. The number of likely N-dealkylation sites (tertiary alicyclic amines) is 1. The molecule has 1 fully saturated rings. The Bertz CT molecular complexity index is 819. The lowest BCUT2D eigenvalue weighted by atomic mass is 10.0. The zero-order valence-electron chi connectivity index (χ0n) is 13.8. The van der Waals surface area contributed by atoms with Gasteiger partial charge < -0.3 is 10.2 Å². The zero-order chi connectivity index (χ0) is 18.7. The lowest BCUT2D eigenvalue weighted by molar-refractivity contribution is 0.0698. The second-order valence-corrected chi connectivity index (χ2v) is 6.99. The van der Waals surface area contributed by atoms with E-state index in [9.17, 15) is 14.0 Å². The number of hydrogen-bond donors (Lipinski definition) is 1. The molecule has 1 N–H and O–H groups in total. The van der Waals surface area contributed by atoms with Gasteiger partial charge in [-0.05, 0) is 55.3 Å². The van der Waals surface area contributed by atoms with Crippen LogP contribution in [0.1, 0.15) is 33.6 Å². The van der Waals surface area contributed by atoms with Gasteiger partial charge in [0.05, 0.1) is 10.0 Å². The summed E-state index contributed by atoms with van der Waals surface area (Å²) in [7, 11) is 0. The number of nitrogens with zero attached hydrogens (tertiary/aromatic N) is 1. The molecular formula is C19H17Cl2FN2O2. The predicted molar refractivity (Wildman–Crippen MR) is 99.3 cm³/mol. The van der Waals surface area contributed by atoms with E-state index in [1.54, 1.807) is 23.1 Å². The third-order valence-electron chi connectivity index (χ3n) is 4.39. The zero-order valence-corrected chi connectivity index (χ0v) is 15.4. The van der Waals surface area contributed by atoms with Crippen molar-refractivity contribution in [2.45, 2.75) is 18.9 Å². The molecule has 1 aliphatic heterocycles. The Morgan fingerprint density at radius 1 is 0.962 bits per heavy atom. The van der Waals surface area contributed by atoms with Crippen molar-refractivity contribution in [3.63, 3.8) is 0 Å².